The van der Waals surface area contributed by atoms with E-state index in [1.54, 1.807) is 31.5 Å². The maximum absolute atomic E-state index is 5.92. The molecule has 0 radical (unpaired) electrons. The summed E-state index contributed by atoms with van der Waals surface area (Å²) in [7, 11) is 1.59. The summed E-state index contributed by atoms with van der Waals surface area (Å²) in [6.07, 6.45) is 1.60. The lowest BCUT2D eigenvalue weighted by Gasteiger charge is -2.03. The van der Waals surface area contributed by atoms with E-state index < -0.39 is 0 Å². The summed E-state index contributed by atoms with van der Waals surface area (Å²) in [5, 5.41) is 0.602. The molecule has 0 amide bonds. The second-order valence-electron chi connectivity index (χ2n) is 3.34. The van der Waals surface area contributed by atoms with Crippen LogP contribution in [0.1, 0.15) is 5.76 Å². The molecule has 1 aromatic heterocycles. The maximum Gasteiger partial charge on any atom is 0.184 e. The van der Waals surface area contributed by atoms with Crippen LogP contribution in [-0.2, 0) is 0 Å². The summed E-state index contributed by atoms with van der Waals surface area (Å²) < 4.78 is 12.0. The van der Waals surface area contributed by atoms with Crippen molar-refractivity contribution in [2.75, 3.05) is 7.11 Å². The first-order valence-corrected chi connectivity index (χ1v) is 6.89. The molecular weight excluding hydrogens is 385 g/mol. The minimum absolute atomic E-state index is 0.602. The monoisotopic (exact) mass is 391 g/mol. The Morgan fingerprint density at radius 2 is 2.11 bits per heavy atom. The largest absolute Gasteiger partial charge is 0.494 e. The van der Waals surface area contributed by atoms with Crippen molar-refractivity contribution in [2.24, 2.45) is 4.99 Å². The van der Waals surface area contributed by atoms with Gasteiger partial charge in [0.1, 0.15) is 17.2 Å². The Bertz CT molecular complexity index is 576. The van der Waals surface area contributed by atoms with Crippen LogP contribution < -0.4 is 4.74 Å². The van der Waals surface area contributed by atoms with E-state index in [0.29, 0.717) is 26.9 Å². The third-order valence-electron chi connectivity index (χ3n) is 2.14. The van der Waals surface area contributed by atoms with E-state index in [1.807, 2.05) is 6.07 Å². The normalized spacial score (nSPS) is 11.1. The minimum atomic E-state index is 0.602. The predicted octanol–water partition coefficient (Wildman–Crippen LogP) is 5.22. The molecule has 3 nitrogen and oxygen atoms in total. The van der Waals surface area contributed by atoms with E-state index in [-0.39, 0.29) is 0 Å². The van der Waals surface area contributed by atoms with E-state index in [4.69, 9.17) is 20.8 Å². The van der Waals surface area contributed by atoms with Crippen LogP contribution in [0.15, 0.2) is 42.8 Å². The number of hydrogen-bond acceptors (Lipinski definition) is 3. The van der Waals surface area contributed by atoms with Gasteiger partial charge in [-0.1, -0.05) is 11.6 Å². The van der Waals surface area contributed by atoms with Crippen LogP contribution >= 0.6 is 43.5 Å². The maximum atomic E-state index is 5.92. The smallest absolute Gasteiger partial charge is 0.184 e. The zero-order valence-electron chi connectivity index (χ0n) is 9.28. The lowest BCUT2D eigenvalue weighted by Crippen LogP contribution is -1.83. The van der Waals surface area contributed by atoms with E-state index in [1.165, 1.54) is 0 Å². The van der Waals surface area contributed by atoms with Gasteiger partial charge in [0.2, 0.25) is 0 Å². The predicted molar refractivity (Wildman–Crippen MR) is 79.4 cm³/mol. The number of halogens is 3. The number of aliphatic imine (C=N–C) groups is 1. The van der Waals surface area contributed by atoms with Gasteiger partial charge in [0.05, 0.1) is 17.8 Å². The standard InChI is InChI=1S/C12H8Br2ClNO2/c1-17-11-3-2-7(15)4-10(11)16-6-8-5-9(13)12(14)18-8/h2-6H,1H3. The Morgan fingerprint density at radius 1 is 1.33 bits per heavy atom. The van der Waals surface area contributed by atoms with Gasteiger partial charge in [0.15, 0.2) is 4.67 Å². The van der Waals surface area contributed by atoms with Crippen LogP contribution in [0.3, 0.4) is 0 Å². The van der Waals surface area contributed by atoms with Crippen LogP contribution in [0.25, 0.3) is 0 Å². The molecule has 0 unspecified atom stereocenters. The Hall–Kier alpha value is -0.780. The number of furan rings is 1. The van der Waals surface area contributed by atoms with Gasteiger partial charge in [-0.25, -0.2) is 4.99 Å². The molecule has 0 saturated heterocycles. The zero-order valence-corrected chi connectivity index (χ0v) is 13.2. The highest BCUT2D eigenvalue weighted by Crippen LogP contribution is 2.31. The summed E-state index contributed by atoms with van der Waals surface area (Å²) >= 11 is 12.5. The first kappa shape index (κ1) is 13.6. The molecule has 0 bridgehead atoms. The molecule has 94 valence electrons. The Kier molecular flexibility index (Phi) is 4.48. The summed E-state index contributed by atoms with van der Waals surface area (Å²) in [6, 6.07) is 7.05. The lowest BCUT2D eigenvalue weighted by atomic mass is 10.3. The Morgan fingerprint density at radius 3 is 2.72 bits per heavy atom. The highest BCUT2D eigenvalue weighted by molar-refractivity contribution is 9.13. The molecule has 1 aromatic carbocycles. The summed E-state index contributed by atoms with van der Waals surface area (Å²) in [5.41, 5.74) is 0.647. The van der Waals surface area contributed by atoms with Crippen LogP contribution in [0.4, 0.5) is 5.69 Å². The van der Waals surface area contributed by atoms with E-state index in [0.717, 1.165) is 4.47 Å². The molecule has 2 rings (SSSR count). The van der Waals surface area contributed by atoms with Crippen LogP contribution in [-0.4, -0.2) is 13.3 Å². The molecule has 0 N–H and O–H groups in total. The summed E-state index contributed by atoms with van der Waals surface area (Å²) in [4.78, 5) is 4.29. The van der Waals surface area contributed by atoms with Gasteiger partial charge >= 0.3 is 0 Å². The molecule has 0 aliphatic rings. The summed E-state index contributed by atoms with van der Waals surface area (Å²) in [6.45, 7) is 0. The van der Waals surface area contributed by atoms with Crippen LogP contribution in [0, 0.1) is 0 Å². The fourth-order valence-electron chi connectivity index (χ4n) is 1.32. The number of methoxy groups -OCH3 is 1. The van der Waals surface area contributed by atoms with Gasteiger partial charge in [-0.3, -0.25) is 0 Å². The average molecular weight is 393 g/mol. The molecule has 0 saturated carbocycles. The third kappa shape index (κ3) is 3.16. The van der Waals surface area contributed by atoms with Gasteiger partial charge < -0.3 is 9.15 Å². The van der Waals surface area contributed by atoms with Crippen molar-refractivity contribution < 1.29 is 9.15 Å². The summed E-state index contributed by atoms with van der Waals surface area (Å²) in [5.74, 6) is 1.27. The zero-order chi connectivity index (χ0) is 13.1. The van der Waals surface area contributed by atoms with E-state index in [9.17, 15) is 0 Å². The fourth-order valence-corrected chi connectivity index (χ4v) is 2.10. The molecule has 0 aliphatic heterocycles. The molecule has 6 heteroatoms. The van der Waals surface area contributed by atoms with Crippen molar-refractivity contribution in [3.05, 3.63) is 44.2 Å². The highest BCUT2D eigenvalue weighted by Gasteiger charge is 2.05. The molecule has 2 aromatic rings. The molecule has 0 fully saturated rings. The second kappa shape index (κ2) is 5.91. The van der Waals surface area contributed by atoms with Crippen molar-refractivity contribution >= 4 is 55.4 Å². The second-order valence-corrected chi connectivity index (χ2v) is 5.36. The number of hydrogen-bond donors (Lipinski definition) is 0. The lowest BCUT2D eigenvalue weighted by molar-refractivity contribution is 0.416. The van der Waals surface area contributed by atoms with E-state index in [2.05, 4.69) is 36.9 Å². The average Bonchev–Trinajstić information content (AvgIpc) is 2.66. The van der Waals surface area contributed by atoms with Crippen molar-refractivity contribution in [1.29, 1.82) is 0 Å². The van der Waals surface area contributed by atoms with Crippen LogP contribution in [0.5, 0.6) is 5.75 Å². The Balaban J connectivity index is 2.30. The number of ether oxygens (including phenoxy) is 1. The highest BCUT2D eigenvalue weighted by atomic mass is 79.9. The molecule has 18 heavy (non-hydrogen) atoms. The van der Waals surface area contributed by atoms with Crippen molar-refractivity contribution in [2.45, 2.75) is 0 Å². The van der Waals surface area contributed by atoms with Crippen LogP contribution in [0.2, 0.25) is 5.02 Å². The van der Waals surface area contributed by atoms with Gasteiger partial charge in [-0.2, -0.15) is 0 Å². The first-order valence-electron chi connectivity index (χ1n) is 4.92. The molecule has 1 heterocycles. The van der Waals surface area contributed by atoms with Crippen molar-refractivity contribution in [3.63, 3.8) is 0 Å². The van der Waals surface area contributed by atoms with Gasteiger partial charge in [0, 0.05) is 11.1 Å². The SMILES string of the molecule is COc1ccc(Cl)cc1N=Cc1cc(Br)c(Br)o1. The van der Waals surface area contributed by atoms with Crippen molar-refractivity contribution in [1.82, 2.24) is 0 Å². The minimum Gasteiger partial charge on any atom is -0.494 e. The first-order chi connectivity index (χ1) is 8.60. The topological polar surface area (TPSA) is 34.7 Å². The van der Waals surface area contributed by atoms with Crippen molar-refractivity contribution in [3.8, 4) is 5.75 Å². The Labute approximate surface area is 126 Å². The number of nitrogens with zero attached hydrogens (tertiary/aromatic N) is 1. The number of benzene rings is 1. The fraction of sp³-hybridized carbons (Fsp3) is 0.0833. The molecule has 0 spiro atoms. The van der Waals surface area contributed by atoms with Gasteiger partial charge in [0.25, 0.3) is 0 Å². The molecular formula is C12H8Br2ClNO2. The molecule has 0 atom stereocenters. The number of rotatable bonds is 3. The van der Waals surface area contributed by atoms with Gasteiger partial charge in [-0.15, -0.1) is 0 Å². The molecule has 0 aliphatic carbocycles. The van der Waals surface area contributed by atoms with E-state index >= 15 is 0 Å². The quantitative estimate of drug-likeness (QED) is 0.671. The van der Waals surface area contributed by atoms with Gasteiger partial charge in [-0.05, 0) is 50.1 Å². The third-order valence-corrected chi connectivity index (χ3v) is 4.08.